The lowest BCUT2D eigenvalue weighted by Gasteiger charge is -2.42. The zero-order valence-corrected chi connectivity index (χ0v) is 15.6. The molecule has 1 nitrogen and oxygen atoms in total. The number of anilines is 1. The molecule has 1 aliphatic rings. The van der Waals surface area contributed by atoms with E-state index >= 15 is 0 Å². The second-order valence-electron chi connectivity index (χ2n) is 8.52. The van der Waals surface area contributed by atoms with Gasteiger partial charge in [-0.05, 0) is 70.6 Å². The van der Waals surface area contributed by atoms with Gasteiger partial charge in [-0.3, -0.25) is 0 Å². The minimum Gasteiger partial charge on any atom is -0.399 e. The van der Waals surface area contributed by atoms with Crippen molar-refractivity contribution in [2.45, 2.75) is 58.3 Å². The van der Waals surface area contributed by atoms with E-state index in [1.54, 1.807) is 0 Å². The average Bonchev–Trinajstić information content (AvgIpc) is 2.52. The van der Waals surface area contributed by atoms with Gasteiger partial charge in [0.05, 0.1) is 0 Å². The summed E-state index contributed by atoms with van der Waals surface area (Å²) in [5, 5.41) is 0. The van der Waals surface area contributed by atoms with Gasteiger partial charge in [0.15, 0.2) is 0 Å². The first-order valence-electron chi connectivity index (χ1n) is 8.88. The van der Waals surface area contributed by atoms with Crippen LogP contribution in [0.2, 0.25) is 0 Å². The first-order chi connectivity index (χ1) is 11.2. The van der Waals surface area contributed by atoms with Crippen LogP contribution in [-0.2, 0) is 10.8 Å². The highest BCUT2D eigenvalue weighted by atomic mass is 14.5. The molecule has 0 spiro atoms. The summed E-state index contributed by atoms with van der Waals surface area (Å²) in [4.78, 5) is 0. The van der Waals surface area contributed by atoms with Gasteiger partial charge in [-0.15, -0.1) is 0 Å². The third kappa shape index (κ3) is 3.13. The number of hydrogen-bond acceptors (Lipinski definition) is 1. The van der Waals surface area contributed by atoms with Crippen molar-refractivity contribution in [1.82, 2.24) is 0 Å². The van der Waals surface area contributed by atoms with Crippen LogP contribution in [-0.4, -0.2) is 0 Å². The quantitative estimate of drug-likeness (QED) is 0.519. The van der Waals surface area contributed by atoms with Crippen molar-refractivity contribution >= 4 is 17.3 Å². The number of fused-ring (bicyclic) bond motifs is 1. The van der Waals surface area contributed by atoms with Gasteiger partial charge in [0.2, 0.25) is 0 Å². The molecule has 0 heterocycles. The van der Waals surface area contributed by atoms with E-state index in [2.05, 4.69) is 71.0 Å². The van der Waals surface area contributed by atoms with Crippen LogP contribution in [0.4, 0.5) is 5.69 Å². The number of allylic oxidation sites excluding steroid dienone is 1. The molecule has 126 valence electrons. The van der Waals surface area contributed by atoms with Gasteiger partial charge in [0.1, 0.15) is 0 Å². The van der Waals surface area contributed by atoms with Crippen LogP contribution >= 0.6 is 0 Å². The predicted molar refractivity (Wildman–Crippen MR) is 106 cm³/mol. The van der Waals surface area contributed by atoms with E-state index in [1.807, 2.05) is 12.1 Å². The molecule has 0 atom stereocenters. The van der Waals surface area contributed by atoms with Gasteiger partial charge in [0.25, 0.3) is 0 Å². The van der Waals surface area contributed by atoms with Gasteiger partial charge in [-0.1, -0.05) is 64.1 Å². The summed E-state index contributed by atoms with van der Waals surface area (Å²) in [7, 11) is 0. The van der Waals surface area contributed by atoms with Crippen LogP contribution in [0.5, 0.6) is 0 Å². The molecular weight excluding hydrogens is 290 g/mol. The molecule has 2 aromatic rings. The molecule has 0 radical (unpaired) electrons. The maximum Gasteiger partial charge on any atom is 0.0314 e. The number of rotatable bonds is 2. The van der Waals surface area contributed by atoms with E-state index in [0.29, 0.717) is 0 Å². The van der Waals surface area contributed by atoms with E-state index in [4.69, 9.17) is 5.73 Å². The Morgan fingerprint density at radius 2 is 1.46 bits per heavy atom. The fourth-order valence-electron chi connectivity index (χ4n) is 3.78. The summed E-state index contributed by atoms with van der Waals surface area (Å²) in [5.41, 5.74) is 13.9. The van der Waals surface area contributed by atoms with E-state index in [-0.39, 0.29) is 10.8 Å². The molecule has 1 aliphatic carbocycles. The van der Waals surface area contributed by atoms with Crippen molar-refractivity contribution in [3.63, 3.8) is 0 Å². The zero-order chi connectivity index (χ0) is 17.5. The summed E-state index contributed by atoms with van der Waals surface area (Å²) < 4.78 is 0. The summed E-state index contributed by atoms with van der Waals surface area (Å²) in [5.74, 6) is 0. The molecule has 0 unspecified atom stereocenters. The summed E-state index contributed by atoms with van der Waals surface area (Å²) in [6, 6.07) is 15.1. The van der Waals surface area contributed by atoms with Gasteiger partial charge in [-0.2, -0.15) is 0 Å². The Morgan fingerprint density at radius 3 is 2.08 bits per heavy atom. The number of benzene rings is 2. The molecule has 2 aromatic carbocycles. The van der Waals surface area contributed by atoms with E-state index in [9.17, 15) is 0 Å². The minimum absolute atomic E-state index is 0.254. The predicted octanol–water partition coefficient (Wildman–Crippen LogP) is 6.18. The average molecular weight is 319 g/mol. The van der Waals surface area contributed by atoms with Crippen LogP contribution in [0.1, 0.15) is 69.7 Å². The van der Waals surface area contributed by atoms with Crippen LogP contribution in [0.25, 0.3) is 11.6 Å². The van der Waals surface area contributed by atoms with E-state index < -0.39 is 0 Å². The summed E-state index contributed by atoms with van der Waals surface area (Å²) in [6.07, 6.45) is 4.78. The van der Waals surface area contributed by atoms with Crippen LogP contribution in [0.15, 0.2) is 42.5 Å². The van der Waals surface area contributed by atoms with Crippen molar-refractivity contribution in [3.8, 4) is 0 Å². The van der Waals surface area contributed by atoms with Gasteiger partial charge < -0.3 is 5.73 Å². The molecule has 0 fully saturated rings. The first-order valence-corrected chi connectivity index (χ1v) is 8.88. The van der Waals surface area contributed by atoms with Gasteiger partial charge in [-0.25, -0.2) is 0 Å². The maximum atomic E-state index is 5.79. The lowest BCUT2D eigenvalue weighted by atomic mass is 9.63. The second kappa shape index (κ2) is 5.81. The van der Waals surface area contributed by atoms with Gasteiger partial charge >= 0.3 is 0 Å². The molecule has 1 heteroatoms. The maximum absolute atomic E-state index is 5.79. The highest BCUT2D eigenvalue weighted by Gasteiger charge is 2.36. The van der Waals surface area contributed by atoms with E-state index in [0.717, 1.165) is 5.69 Å². The lowest BCUT2D eigenvalue weighted by molar-refractivity contribution is 0.332. The first kappa shape index (κ1) is 16.8. The Morgan fingerprint density at radius 1 is 0.875 bits per heavy atom. The molecule has 24 heavy (non-hydrogen) atoms. The molecule has 0 bridgehead atoms. The zero-order valence-electron chi connectivity index (χ0n) is 15.6. The third-order valence-electron chi connectivity index (χ3n) is 5.63. The fourth-order valence-corrected chi connectivity index (χ4v) is 3.78. The van der Waals surface area contributed by atoms with Crippen LogP contribution in [0, 0.1) is 0 Å². The highest BCUT2D eigenvalue weighted by Crippen LogP contribution is 2.46. The summed E-state index contributed by atoms with van der Waals surface area (Å²) >= 11 is 0. The number of nitrogens with two attached hydrogens (primary N) is 1. The minimum atomic E-state index is 0.254. The molecule has 0 amide bonds. The molecular formula is C23H29N. The monoisotopic (exact) mass is 319 g/mol. The molecule has 0 saturated carbocycles. The topological polar surface area (TPSA) is 26.0 Å². The van der Waals surface area contributed by atoms with Gasteiger partial charge in [0, 0.05) is 5.69 Å². The Kier molecular flexibility index (Phi) is 4.07. The van der Waals surface area contributed by atoms with E-state index in [1.165, 1.54) is 40.7 Å². The standard InChI is InChI=1S/C23H29N/c1-16(18-7-9-19(24)10-8-18)14-17-6-11-20-21(15-17)23(4,5)13-12-22(20,2)3/h6-11,14-15H,12-13,24H2,1-5H3. The SMILES string of the molecule is CC(=Cc1ccc2c(c1)C(C)(C)CCC2(C)C)c1ccc(N)cc1. The van der Waals surface area contributed by atoms with Crippen molar-refractivity contribution in [1.29, 1.82) is 0 Å². The Bertz CT molecular complexity index is 776. The molecule has 0 saturated heterocycles. The molecule has 0 aromatic heterocycles. The van der Waals surface area contributed by atoms with Crippen molar-refractivity contribution in [2.24, 2.45) is 0 Å². The van der Waals surface area contributed by atoms with Crippen molar-refractivity contribution in [2.75, 3.05) is 5.73 Å². The van der Waals surface area contributed by atoms with Crippen molar-refractivity contribution in [3.05, 3.63) is 64.7 Å². The lowest BCUT2D eigenvalue weighted by Crippen LogP contribution is -2.33. The Balaban J connectivity index is 2.02. The largest absolute Gasteiger partial charge is 0.399 e. The smallest absolute Gasteiger partial charge is 0.0314 e. The Labute approximate surface area is 146 Å². The fraction of sp³-hybridized carbons (Fsp3) is 0.391. The number of nitrogen functional groups attached to an aromatic ring is 1. The highest BCUT2D eigenvalue weighted by molar-refractivity contribution is 5.81. The molecule has 0 aliphatic heterocycles. The molecule has 2 N–H and O–H groups in total. The van der Waals surface area contributed by atoms with Crippen LogP contribution < -0.4 is 5.73 Å². The second-order valence-corrected chi connectivity index (χ2v) is 8.52. The van der Waals surface area contributed by atoms with Crippen molar-refractivity contribution < 1.29 is 0 Å². The Hall–Kier alpha value is -2.02. The molecule has 3 rings (SSSR count). The summed E-state index contributed by atoms with van der Waals surface area (Å²) in [6.45, 7) is 11.7. The normalized spacial score (nSPS) is 19.0. The third-order valence-corrected chi connectivity index (χ3v) is 5.63. The van der Waals surface area contributed by atoms with Crippen LogP contribution in [0.3, 0.4) is 0 Å². The number of hydrogen-bond donors (Lipinski definition) is 1.